The lowest BCUT2D eigenvalue weighted by Gasteiger charge is -2.06. The molecule has 0 amide bonds. The van der Waals surface area contributed by atoms with Crippen LogP contribution in [0.25, 0.3) is 22.8 Å². The summed E-state index contributed by atoms with van der Waals surface area (Å²) in [5.41, 5.74) is 0.360. The van der Waals surface area contributed by atoms with Crippen LogP contribution in [-0.4, -0.2) is 15.0 Å². The van der Waals surface area contributed by atoms with Crippen LogP contribution in [0.2, 0.25) is 5.28 Å². The molecule has 0 radical (unpaired) electrons. The molecule has 0 bridgehead atoms. The molecule has 3 rings (SSSR count). The molecular weight excluding hydrogens is 296 g/mol. The van der Waals surface area contributed by atoms with E-state index >= 15 is 0 Å². The maximum atomic E-state index is 13.8. The molecule has 0 spiro atoms. The highest BCUT2D eigenvalue weighted by Gasteiger charge is 2.14. The third-order valence-corrected chi connectivity index (χ3v) is 3.01. The van der Waals surface area contributed by atoms with Crippen molar-refractivity contribution < 1.29 is 8.78 Å². The molecule has 0 saturated heterocycles. The van der Waals surface area contributed by atoms with Crippen molar-refractivity contribution in [3.05, 3.63) is 65.4 Å². The second kappa shape index (κ2) is 5.54. The molecule has 0 N–H and O–H groups in total. The Bertz CT molecular complexity index is 745. The fourth-order valence-electron chi connectivity index (χ4n) is 1.88. The Hall–Kier alpha value is -2.40. The van der Waals surface area contributed by atoms with Crippen LogP contribution in [0.5, 0.6) is 0 Å². The van der Waals surface area contributed by atoms with E-state index in [0.29, 0.717) is 0 Å². The minimum Gasteiger partial charge on any atom is -0.208 e. The van der Waals surface area contributed by atoms with Crippen molar-refractivity contribution in [1.29, 1.82) is 0 Å². The minimum absolute atomic E-state index is 0.0614. The number of rotatable bonds is 2. The second-order valence-corrected chi connectivity index (χ2v) is 4.55. The van der Waals surface area contributed by atoms with Gasteiger partial charge in [0.15, 0.2) is 11.6 Å². The van der Waals surface area contributed by atoms with Gasteiger partial charge in [0.1, 0.15) is 11.6 Å². The Morgan fingerprint density at radius 1 is 0.667 bits per heavy atom. The van der Waals surface area contributed by atoms with Gasteiger partial charge in [-0.2, -0.15) is 9.97 Å². The van der Waals surface area contributed by atoms with Crippen LogP contribution in [0.3, 0.4) is 0 Å². The highest BCUT2D eigenvalue weighted by molar-refractivity contribution is 6.28. The average molecular weight is 304 g/mol. The molecule has 2 aromatic carbocycles. The van der Waals surface area contributed by atoms with Crippen molar-refractivity contribution in [1.82, 2.24) is 15.0 Å². The number of benzene rings is 2. The van der Waals surface area contributed by atoms with Crippen LogP contribution in [0.15, 0.2) is 48.5 Å². The molecule has 1 aromatic heterocycles. The molecule has 3 nitrogen and oxygen atoms in total. The standard InChI is InChI=1S/C15H8ClF2N3/c16-15-20-13(9-5-1-3-7-11(9)17)19-14(21-15)10-6-2-4-8-12(10)18/h1-8H. The predicted octanol–water partition coefficient (Wildman–Crippen LogP) is 4.14. The van der Waals surface area contributed by atoms with Crippen LogP contribution in [0.4, 0.5) is 8.78 Å². The molecule has 6 heteroatoms. The molecule has 0 unspecified atom stereocenters. The summed E-state index contributed by atoms with van der Waals surface area (Å²) in [7, 11) is 0. The second-order valence-electron chi connectivity index (χ2n) is 4.21. The molecule has 0 aliphatic heterocycles. The van der Waals surface area contributed by atoms with Crippen LogP contribution in [0.1, 0.15) is 0 Å². The lowest BCUT2D eigenvalue weighted by Crippen LogP contribution is -1.99. The minimum atomic E-state index is -0.487. The lowest BCUT2D eigenvalue weighted by atomic mass is 10.2. The van der Waals surface area contributed by atoms with Crippen molar-refractivity contribution in [2.45, 2.75) is 0 Å². The van der Waals surface area contributed by atoms with E-state index in [9.17, 15) is 8.78 Å². The third-order valence-electron chi connectivity index (χ3n) is 2.84. The maximum absolute atomic E-state index is 13.8. The van der Waals surface area contributed by atoms with Gasteiger partial charge >= 0.3 is 0 Å². The Morgan fingerprint density at radius 3 is 1.52 bits per heavy atom. The van der Waals surface area contributed by atoms with Crippen molar-refractivity contribution in [3.8, 4) is 22.8 Å². The van der Waals surface area contributed by atoms with Crippen molar-refractivity contribution in [2.24, 2.45) is 0 Å². The molecule has 0 aliphatic rings. The summed E-state index contributed by atoms with van der Waals surface area (Å²) in [6.45, 7) is 0. The lowest BCUT2D eigenvalue weighted by molar-refractivity contribution is 0.628. The van der Waals surface area contributed by atoms with Gasteiger partial charge in [-0.05, 0) is 35.9 Å². The van der Waals surface area contributed by atoms with Gasteiger partial charge < -0.3 is 0 Å². The molecule has 21 heavy (non-hydrogen) atoms. The van der Waals surface area contributed by atoms with E-state index in [1.165, 1.54) is 24.3 Å². The third kappa shape index (κ3) is 2.73. The molecule has 0 aliphatic carbocycles. The van der Waals surface area contributed by atoms with Crippen molar-refractivity contribution >= 4 is 11.6 Å². The average Bonchev–Trinajstić information content (AvgIpc) is 2.47. The van der Waals surface area contributed by atoms with Gasteiger partial charge in [-0.1, -0.05) is 24.3 Å². The Balaban J connectivity index is 2.18. The van der Waals surface area contributed by atoms with E-state index in [2.05, 4.69) is 15.0 Å². The number of halogens is 3. The molecule has 1 heterocycles. The molecule has 0 saturated carbocycles. The maximum Gasteiger partial charge on any atom is 0.226 e. The number of hydrogen-bond donors (Lipinski definition) is 0. The molecule has 104 valence electrons. The first-order chi connectivity index (χ1) is 10.1. The zero-order valence-electron chi connectivity index (χ0n) is 10.6. The fourth-order valence-corrected chi connectivity index (χ4v) is 2.04. The van der Waals surface area contributed by atoms with E-state index in [4.69, 9.17) is 11.6 Å². The van der Waals surface area contributed by atoms with E-state index < -0.39 is 11.6 Å². The molecule has 0 fully saturated rings. The quantitative estimate of drug-likeness (QED) is 0.714. The smallest absolute Gasteiger partial charge is 0.208 e. The zero-order valence-corrected chi connectivity index (χ0v) is 11.4. The normalized spacial score (nSPS) is 10.6. The molecule has 3 aromatic rings. The first-order valence-corrected chi connectivity index (χ1v) is 6.44. The van der Waals surface area contributed by atoms with Crippen LogP contribution in [-0.2, 0) is 0 Å². The summed E-state index contributed by atoms with van der Waals surface area (Å²) < 4.78 is 27.6. The Kier molecular flexibility index (Phi) is 3.58. The predicted molar refractivity (Wildman–Crippen MR) is 75.6 cm³/mol. The molecule has 0 atom stereocenters. The monoisotopic (exact) mass is 303 g/mol. The van der Waals surface area contributed by atoms with E-state index in [-0.39, 0.29) is 28.1 Å². The van der Waals surface area contributed by atoms with Gasteiger partial charge in [0.05, 0.1) is 11.1 Å². The first-order valence-electron chi connectivity index (χ1n) is 6.06. The largest absolute Gasteiger partial charge is 0.226 e. The number of nitrogens with zero attached hydrogens (tertiary/aromatic N) is 3. The Morgan fingerprint density at radius 2 is 1.10 bits per heavy atom. The summed E-state index contributed by atoms with van der Waals surface area (Å²) >= 11 is 5.85. The highest BCUT2D eigenvalue weighted by atomic mass is 35.5. The van der Waals surface area contributed by atoms with Gasteiger partial charge in [-0.15, -0.1) is 0 Å². The van der Waals surface area contributed by atoms with Crippen LogP contribution >= 0.6 is 11.6 Å². The van der Waals surface area contributed by atoms with Gasteiger partial charge in [0.25, 0.3) is 0 Å². The fraction of sp³-hybridized carbons (Fsp3) is 0. The van der Waals surface area contributed by atoms with Gasteiger partial charge in [0.2, 0.25) is 5.28 Å². The first kappa shape index (κ1) is 13.6. The van der Waals surface area contributed by atoms with Gasteiger partial charge in [0, 0.05) is 0 Å². The topological polar surface area (TPSA) is 38.7 Å². The van der Waals surface area contributed by atoms with Crippen LogP contribution < -0.4 is 0 Å². The molecular formula is C15H8ClF2N3. The van der Waals surface area contributed by atoms with E-state index in [0.717, 1.165) is 0 Å². The number of hydrogen-bond acceptors (Lipinski definition) is 3. The summed E-state index contributed by atoms with van der Waals surface area (Å²) in [6, 6.07) is 12.0. The van der Waals surface area contributed by atoms with Crippen molar-refractivity contribution in [2.75, 3.05) is 0 Å². The summed E-state index contributed by atoms with van der Waals surface area (Å²) in [5.74, 6) is -0.851. The summed E-state index contributed by atoms with van der Waals surface area (Å²) in [6.07, 6.45) is 0. The highest BCUT2D eigenvalue weighted by Crippen LogP contribution is 2.24. The SMILES string of the molecule is Fc1ccccc1-c1nc(Cl)nc(-c2ccccc2F)n1. The summed E-state index contributed by atoms with van der Waals surface area (Å²) in [5, 5.41) is -0.124. The van der Waals surface area contributed by atoms with Crippen molar-refractivity contribution in [3.63, 3.8) is 0 Å². The number of aromatic nitrogens is 3. The zero-order chi connectivity index (χ0) is 14.8. The summed E-state index contributed by atoms with van der Waals surface area (Å²) in [4.78, 5) is 11.9. The Labute approximate surface area is 124 Å². The van der Waals surface area contributed by atoms with E-state index in [1.807, 2.05) is 0 Å². The van der Waals surface area contributed by atoms with Gasteiger partial charge in [-0.25, -0.2) is 13.8 Å². The van der Waals surface area contributed by atoms with E-state index in [1.54, 1.807) is 24.3 Å². The van der Waals surface area contributed by atoms with Crippen LogP contribution in [0, 0.1) is 11.6 Å². The van der Waals surface area contributed by atoms with Gasteiger partial charge in [-0.3, -0.25) is 0 Å².